The van der Waals surface area contributed by atoms with E-state index in [0.717, 1.165) is 9.75 Å². The molecule has 2 aromatic rings. The number of thiophene rings is 1. The second-order valence-corrected chi connectivity index (χ2v) is 5.55. The number of aryl methyl sites for hydroxylation is 2. The molecular weight excluding hydrogens is 263 g/mol. The number of amides is 1. The highest BCUT2D eigenvalue weighted by molar-refractivity contribution is 7.12. The number of rotatable bonds is 2. The van der Waals surface area contributed by atoms with E-state index < -0.39 is 5.82 Å². The van der Waals surface area contributed by atoms with E-state index in [-0.39, 0.29) is 11.5 Å². The van der Waals surface area contributed by atoms with Gasteiger partial charge in [-0.2, -0.15) is 5.26 Å². The van der Waals surface area contributed by atoms with Crippen LogP contribution in [0.3, 0.4) is 0 Å². The molecule has 0 fully saturated rings. The summed E-state index contributed by atoms with van der Waals surface area (Å²) in [5.41, 5.74) is 0.924. The van der Waals surface area contributed by atoms with Gasteiger partial charge in [-0.15, -0.1) is 11.3 Å². The Morgan fingerprint density at radius 1 is 1.37 bits per heavy atom. The predicted molar refractivity (Wildman–Crippen MR) is 72.9 cm³/mol. The Morgan fingerprint density at radius 2 is 2.11 bits per heavy atom. The normalized spacial score (nSPS) is 10.0. The first-order valence-corrected chi connectivity index (χ1v) is 6.41. The first kappa shape index (κ1) is 13.2. The zero-order valence-electron chi connectivity index (χ0n) is 10.5. The van der Waals surface area contributed by atoms with Crippen LogP contribution in [0.5, 0.6) is 0 Å². The van der Waals surface area contributed by atoms with Gasteiger partial charge in [0.15, 0.2) is 0 Å². The first-order chi connectivity index (χ1) is 9.01. The standard InChI is InChI=1S/C14H11FN2OS/c1-8-5-12(9(2)19-8)14(18)17-11-3-4-13(15)10(6-11)7-16/h3-6H,1-2H3,(H,17,18). The van der Waals surface area contributed by atoms with Crippen molar-refractivity contribution in [1.82, 2.24) is 0 Å². The summed E-state index contributed by atoms with van der Waals surface area (Å²) in [6.07, 6.45) is 0. The predicted octanol–water partition coefficient (Wildman–Crippen LogP) is 3.63. The molecule has 0 saturated heterocycles. The maximum absolute atomic E-state index is 13.2. The number of halogens is 1. The second kappa shape index (κ2) is 5.21. The van der Waals surface area contributed by atoms with Crippen LogP contribution < -0.4 is 5.32 Å². The lowest BCUT2D eigenvalue weighted by molar-refractivity contribution is 0.102. The van der Waals surface area contributed by atoms with Gasteiger partial charge < -0.3 is 5.32 Å². The molecule has 3 nitrogen and oxygen atoms in total. The minimum Gasteiger partial charge on any atom is -0.322 e. The Labute approximate surface area is 114 Å². The van der Waals surface area contributed by atoms with Crippen LogP contribution >= 0.6 is 11.3 Å². The van der Waals surface area contributed by atoms with Crippen LogP contribution in [0.1, 0.15) is 25.7 Å². The summed E-state index contributed by atoms with van der Waals surface area (Å²) in [5.74, 6) is -0.847. The number of carbonyl (C=O) groups is 1. The summed E-state index contributed by atoms with van der Waals surface area (Å²) < 4.78 is 13.2. The molecular formula is C14H11FN2OS. The Hall–Kier alpha value is -2.19. The van der Waals surface area contributed by atoms with Crippen LogP contribution in [0, 0.1) is 31.0 Å². The van der Waals surface area contributed by atoms with Crippen molar-refractivity contribution in [3.63, 3.8) is 0 Å². The lowest BCUT2D eigenvalue weighted by Gasteiger charge is -2.05. The monoisotopic (exact) mass is 274 g/mol. The Bertz CT molecular complexity index is 685. The van der Waals surface area contributed by atoms with E-state index in [1.54, 1.807) is 17.4 Å². The zero-order valence-corrected chi connectivity index (χ0v) is 11.3. The average molecular weight is 274 g/mol. The van der Waals surface area contributed by atoms with Crippen molar-refractivity contribution in [3.05, 3.63) is 51.0 Å². The van der Waals surface area contributed by atoms with Crippen LogP contribution in [0.25, 0.3) is 0 Å². The summed E-state index contributed by atoms with van der Waals surface area (Å²) >= 11 is 1.55. The molecule has 0 aliphatic carbocycles. The van der Waals surface area contributed by atoms with E-state index in [0.29, 0.717) is 11.3 Å². The summed E-state index contributed by atoms with van der Waals surface area (Å²) in [4.78, 5) is 14.0. The van der Waals surface area contributed by atoms with Gasteiger partial charge in [0.1, 0.15) is 11.9 Å². The second-order valence-electron chi connectivity index (χ2n) is 4.09. The Kier molecular flexibility index (Phi) is 3.63. The number of benzene rings is 1. The fraction of sp³-hybridized carbons (Fsp3) is 0.143. The highest BCUT2D eigenvalue weighted by Crippen LogP contribution is 2.22. The third kappa shape index (κ3) is 2.80. The SMILES string of the molecule is Cc1cc(C(=O)Nc2ccc(F)c(C#N)c2)c(C)s1. The third-order valence-electron chi connectivity index (χ3n) is 2.63. The molecule has 1 N–H and O–H groups in total. The minimum absolute atomic E-state index is 0.0870. The molecule has 1 amide bonds. The largest absolute Gasteiger partial charge is 0.322 e. The van der Waals surface area contributed by atoms with E-state index >= 15 is 0 Å². The number of carbonyl (C=O) groups excluding carboxylic acids is 1. The molecule has 0 aliphatic rings. The molecule has 5 heteroatoms. The van der Waals surface area contributed by atoms with Crippen molar-refractivity contribution in [1.29, 1.82) is 5.26 Å². The Morgan fingerprint density at radius 3 is 2.68 bits per heavy atom. The van der Waals surface area contributed by atoms with Gasteiger partial charge in [-0.3, -0.25) is 4.79 Å². The molecule has 1 heterocycles. The van der Waals surface area contributed by atoms with Gasteiger partial charge in [0.2, 0.25) is 0 Å². The van der Waals surface area contributed by atoms with Crippen molar-refractivity contribution in [2.45, 2.75) is 13.8 Å². The third-order valence-corrected chi connectivity index (χ3v) is 3.60. The van der Waals surface area contributed by atoms with E-state index in [1.807, 2.05) is 19.9 Å². The van der Waals surface area contributed by atoms with Gasteiger partial charge in [0.25, 0.3) is 5.91 Å². The molecule has 0 unspecified atom stereocenters. The van der Waals surface area contributed by atoms with Gasteiger partial charge in [-0.25, -0.2) is 4.39 Å². The van der Waals surface area contributed by atoms with Crippen LogP contribution in [0.4, 0.5) is 10.1 Å². The lowest BCUT2D eigenvalue weighted by Crippen LogP contribution is -2.12. The lowest BCUT2D eigenvalue weighted by atomic mass is 10.2. The first-order valence-electron chi connectivity index (χ1n) is 5.59. The molecule has 0 radical (unpaired) electrons. The highest BCUT2D eigenvalue weighted by Gasteiger charge is 2.13. The quantitative estimate of drug-likeness (QED) is 0.909. The summed E-state index contributed by atoms with van der Waals surface area (Å²) in [6, 6.07) is 7.47. The molecule has 0 spiro atoms. The van der Waals surface area contributed by atoms with Gasteiger partial charge in [-0.1, -0.05) is 0 Å². The van der Waals surface area contributed by atoms with Crippen molar-refractivity contribution in [3.8, 4) is 6.07 Å². The van der Waals surface area contributed by atoms with E-state index in [4.69, 9.17) is 5.26 Å². The van der Waals surface area contributed by atoms with Crippen LogP contribution in [0.2, 0.25) is 0 Å². The number of nitriles is 1. The maximum atomic E-state index is 13.2. The fourth-order valence-electron chi connectivity index (χ4n) is 1.74. The molecule has 2 rings (SSSR count). The van der Waals surface area contributed by atoms with E-state index in [2.05, 4.69) is 5.32 Å². The van der Waals surface area contributed by atoms with Gasteiger partial charge in [0.05, 0.1) is 11.1 Å². The van der Waals surface area contributed by atoms with Crippen LogP contribution in [-0.2, 0) is 0 Å². The molecule has 0 bridgehead atoms. The van der Waals surface area contributed by atoms with Crippen molar-refractivity contribution < 1.29 is 9.18 Å². The smallest absolute Gasteiger partial charge is 0.256 e. The molecule has 0 aliphatic heterocycles. The van der Waals surface area contributed by atoms with Gasteiger partial charge >= 0.3 is 0 Å². The molecule has 0 saturated carbocycles. The van der Waals surface area contributed by atoms with E-state index in [1.165, 1.54) is 18.2 Å². The molecule has 1 aromatic heterocycles. The molecule has 96 valence electrons. The average Bonchev–Trinajstić information content (AvgIpc) is 2.71. The fourth-order valence-corrected chi connectivity index (χ4v) is 2.66. The Balaban J connectivity index is 2.25. The number of hydrogen-bond donors (Lipinski definition) is 1. The summed E-state index contributed by atoms with van der Waals surface area (Å²) in [5, 5.41) is 11.4. The minimum atomic E-state index is -0.594. The van der Waals surface area contributed by atoms with Crippen LogP contribution in [-0.4, -0.2) is 5.91 Å². The maximum Gasteiger partial charge on any atom is 0.256 e. The topological polar surface area (TPSA) is 52.9 Å². The van der Waals surface area contributed by atoms with E-state index in [9.17, 15) is 9.18 Å². The number of nitrogens with one attached hydrogen (secondary N) is 1. The molecule has 0 atom stereocenters. The van der Waals surface area contributed by atoms with Crippen molar-refractivity contribution in [2.75, 3.05) is 5.32 Å². The molecule has 19 heavy (non-hydrogen) atoms. The summed E-state index contributed by atoms with van der Waals surface area (Å²) in [6.45, 7) is 3.80. The molecule has 1 aromatic carbocycles. The zero-order chi connectivity index (χ0) is 14.0. The van der Waals surface area contributed by atoms with Gasteiger partial charge in [-0.05, 0) is 38.1 Å². The van der Waals surface area contributed by atoms with Crippen molar-refractivity contribution >= 4 is 22.9 Å². The highest BCUT2D eigenvalue weighted by atomic mass is 32.1. The summed E-state index contributed by atoms with van der Waals surface area (Å²) in [7, 11) is 0. The van der Waals surface area contributed by atoms with Gasteiger partial charge in [0, 0.05) is 15.4 Å². The van der Waals surface area contributed by atoms with Crippen molar-refractivity contribution in [2.24, 2.45) is 0 Å². The number of hydrogen-bond acceptors (Lipinski definition) is 3. The van der Waals surface area contributed by atoms with Crippen LogP contribution in [0.15, 0.2) is 24.3 Å². The number of nitrogens with zero attached hydrogens (tertiary/aromatic N) is 1. The number of anilines is 1.